The van der Waals surface area contributed by atoms with Crippen molar-refractivity contribution in [3.63, 3.8) is 0 Å². The van der Waals surface area contributed by atoms with Crippen LogP contribution in [0.1, 0.15) is 29.7 Å². The molecular formula is C24H21Cl2NO3. The molecular weight excluding hydrogens is 421 g/mol. The highest BCUT2D eigenvalue weighted by Gasteiger charge is 2.22. The number of halogens is 2. The van der Waals surface area contributed by atoms with Gasteiger partial charge in [-0.2, -0.15) is 0 Å². The molecule has 0 saturated heterocycles. The van der Waals surface area contributed by atoms with E-state index in [1.807, 2.05) is 36.4 Å². The molecule has 0 N–H and O–H groups in total. The summed E-state index contributed by atoms with van der Waals surface area (Å²) < 4.78 is 12.1. The minimum Gasteiger partial charge on any atom is -0.485 e. The molecule has 0 amide bonds. The van der Waals surface area contributed by atoms with Crippen molar-refractivity contribution in [2.24, 2.45) is 4.99 Å². The van der Waals surface area contributed by atoms with Crippen molar-refractivity contribution in [1.29, 1.82) is 0 Å². The summed E-state index contributed by atoms with van der Waals surface area (Å²) >= 11 is 12.5. The summed E-state index contributed by atoms with van der Waals surface area (Å²) in [5.74, 6) is 0.766. The maximum atomic E-state index is 12.1. The number of aliphatic imine (C=N–C) groups is 1. The van der Waals surface area contributed by atoms with E-state index in [2.05, 4.69) is 11.7 Å². The van der Waals surface area contributed by atoms with Crippen LogP contribution in [0, 0.1) is 0 Å². The summed E-state index contributed by atoms with van der Waals surface area (Å²) in [7, 11) is 0. The molecule has 0 saturated carbocycles. The number of hydrogen-bond acceptors (Lipinski definition) is 4. The van der Waals surface area contributed by atoms with Gasteiger partial charge in [-0.1, -0.05) is 71.7 Å². The maximum Gasteiger partial charge on any atom is 0.167 e. The fourth-order valence-electron chi connectivity index (χ4n) is 3.00. The molecule has 0 fully saturated rings. The Kier molecular flexibility index (Phi) is 7.50. The van der Waals surface area contributed by atoms with Crippen molar-refractivity contribution in [2.75, 3.05) is 0 Å². The summed E-state index contributed by atoms with van der Waals surface area (Å²) in [6, 6.07) is 19.5. The first-order valence-corrected chi connectivity index (χ1v) is 10.1. The van der Waals surface area contributed by atoms with Crippen LogP contribution in [0.15, 0.2) is 71.7 Å². The van der Waals surface area contributed by atoms with Crippen LogP contribution in [-0.2, 0) is 18.0 Å². The van der Waals surface area contributed by atoms with Gasteiger partial charge in [0.15, 0.2) is 17.3 Å². The van der Waals surface area contributed by atoms with E-state index < -0.39 is 6.04 Å². The van der Waals surface area contributed by atoms with Gasteiger partial charge in [-0.25, -0.2) is 0 Å². The molecule has 1 atom stereocenters. The maximum absolute atomic E-state index is 12.1. The van der Waals surface area contributed by atoms with Crippen LogP contribution >= 0.6 is 23.2 Å². The number of nitrogens with zero attached hydrogens (tertiary/aromatic N) is 1. The van der Waals surface area contributed by atoms with Crippen LogP contribution in [-0.4, -0.2) is 12.5 Å². The Bertz CT molecular complexity index is 1050. The zero-order valence-corrected chi connectivity index (χ0v) is 18.0. The Morgan fingerprint density at radius 3 is 2.00 bits per heavy atom. The van der Waals surface area contributed by atoms with Crippen molar-refractivity contribution in [2.45, 2.75) is 26.2 Å². The van der Waals surface area contributed by atoms with Gasteiger partial charge in [-0.3, -0.25) is 9.79 Å². The third-order valence-corrected chi connectivity index (χ3v) is 5.28. The molecule has 0 aliphatic rings. The first-order chi connectivity index (χ1) is 14.5. The lowest BCUT2D eigenvalue weighted by molar-refractivity contribution is -0.118. The zero-order chi connectivity index (χ0) is 21.5. The molecule has 4 nitrogen and oxygen atoms in total. The zero-order valence-electron chi connectivity index (χ0n) is 16.5. The summed E-state index contributed by atoms with van der Waals surface area (Å²) in [6.07, 6.45) is 0. The molecule has 0 spiro atoms. The lowest BCUT2D eigenvalue weighted by atomic mass is 10.0. The number of para-hydroxylation sites is 1. The van der Waals surface area contributed by atoms with E-state index in [-0.39, 0.29) is 19.0 Å². The Morgan fingerprint density at radius 2 is 1.47 bits per heavy atom. The first-order valence-electron chi connectivity index (χ1n) is 9.33. The largest absolute Gasteiger partial charge is 0.485 e. The fraction of sp³-hybridized carbons (Fsp3) is 0.167. The smallest absolute Gasteiger partial charge is 0.167 e. The van der Waals surface area contributed by atoms with Crippen LogP contribution in [0.2, 0.25) is 10.0 Å². The minimum atomic E-state index is -0.755. The van der Waals surface area contributed by atoms with E-state index in [0.717, 1.165) is 11.1 Å². The normalized spacial score (nSPS) is 11.6. The van der Waals surface area contributed by atoms with Crippen molar-refractivity contribution < 1.29 is 14.3 Å². The fourth-order valence-corrected chi connectivity index (χ4v) is 3.38. The number of benzene rings is 3. The average Bonchev–Trinajstić information content (AvgIpc) is 2.73. The summed E-state index contributed by atoms with van der Waals surface area (Å²) in [5.41, 5.74) is 2.24. The second-order valence-corrected chi connectivity index (χ2v) is 7.44. The van der Waals surface area contributed by atoms with Gasteiger partial charge in [0.25, 0.3) is 0 Å². The van der Waals surface area contributed by atoms with Gasteiger partial charge in [-0.15, -0.1) is 0 Å². The van der Waals surface area contributed by atoms with Gasteiger partial charge >= 0.3 is 0 Å². The number of hydrogen-bond donors (Lipinski definition) is 0. The summed E-state index contributed by atoms with van der Waals surface area (Å²) in [6.45, 7) is 5.49. The van der Waals surface area contributed by atoms with Gasteiger partial charge in [0.2, 0.25) is 0 Å². The van der Waals surface area contributed by atoms with E-state index in [9.17, 15) is 4.79 Å². The number of Topliss-reactive ketones (excluding diaryl/α,β-unsaturated/α-hetero) is 1. The molecule has 0 aromatic heterocycles. The Labute approximate surface area is 186 Å². The van der Waals surface area contributed by atoms with Crippen molar-refractivity contribution in [3.05, 3.63) is 93.5 Å². The molecule has 0 heterocycles. The molecule has 6 heteroatoms. The molecule has 30 heavy (non-hydrogen) atoms. The third-order valence-electron chi connectivity index (χ3n) is 4.54. The van der Waals surface area contributed by atoms with Crippen LogP contribution in [0.3, 0.4) is 0 Å². The van der Waals surface area contributed by atoms with Crippen LogP contribution < -0.4 is 9.47 Å². The molecule has 0 aliphatic carbocycles. The highest BCUT2D eigenvalue weighted by Crippen LogP contribution is 2.38. The Hall–Kier alpha value is -2.82. The number of ketones is 1. The predicted octanol–water partition coefficient (Wildman–Crippen LogP) is 6.48. The summed E-state index contributed by atoms with van der Waals surface area (Å²) in [4.78, 5) is 16.1. The predicted molar refractivity (Wildman–Crippen MR) is 121 cm³/mol. The van der Waals surface area contributed by atoms with E-state index >= 15 is 0 Å². The lowest BCUT2D eigenvalue weighted by Crippen LogP contribution is -2.10. The monoisotopic (exact) mass is 441 g/mol. The molecule has 0 radical (unpaired) electrons. The van der Waals surface area contributed by atoms with Gasteiger partial charge in [-0.05, 0) is 31.8 Å². The van der Waals surface area contributed by atoms with E-state index in [4.69, 9.17) is 32.7 Å². The van der Waals surface area contributed by atoms with Gasteiger partial charge in [0.1, 0.15) is 19.3 Å². The van der Waals surface area contributed by atoms with Crippen molar-refractivity contribution in [3.8, 4) is 11.5 Å². The second kappa shape index (κ2) is 10.3. The number of rotatable bonds is 9. The van der Waals surface area contributed by atoms with Gasteiger partial charge in [0, 0.05) is 26.7 Å². The number of carbonyl (C=O) groups is 1. The highest BCUT2D eigenvalue weighted by molar-refractivity contribution is 6.31. The van der Waals surface area contributed by atoms with E-state index in [0.29, 0.717) is 27.1 Å². The molecule has 154 valence electrons. The molecule has 3 rings (SSSR count). The van der Waals surface area contributed by atoms with Gasteiger partial charge in [0.05, 0.1) is 0 Å². The first kappa shape index (κ1) is 21.9. The molecule has 3 aromatic rings. The van der Waals surface area contributed by atoms with Crippen LogP contribution in [0.5, 0.6) is 11.5 Å². The lowest BCUT2D eigenvalue weighted by Gasteiger charge is -2.19. The van der Waals surface area contributed by atoms with E-state index in [1.165, 1.54) is 6.92 Å². The van der Waals surface area contributed by atoms with Gasteiger partial charge < -0.3 is 9.47 Å². The topological polar surface area (TPSA) is 47.9 Å². The molecule has 3 aromatic carbocycles. The quantitative estimate of drug-likeness (QED) is 0.356. The molecule has 0 bridgehead atoms. The van der Waals surface area contributed by atoms with Crippen molar-refractivity contribution in [1.82, 2.24) is 0 Å². The van der Waals surface area contributed by atoms with E-state index in [1.54, 1.807) is 30.3 Å². The Balaban J connectivity index is 1.94. The van der Waals surface area contributed by atoms with Crippen molar-refractivity contribution >= 4 is 35.7 Å². The summed E-state index contributed by atoms with van der Waals surface area (Å²) in [5, 5.41) is 1.21. The standard InChI is InChI=1S/C24H21Cl2NO3/c1-16(28)23(27-2)19-10-7-13-22(29-14-17-8-3-5-11-20(17)25)24(19)30-15-18-9-4-6-12-21(18)26/h3-13,23H,2,14-15H2,1H3. The van der Waals surface area contributed by atoms with Crippen LogP contribution in [0.25, 0.3) is 0 Å². The molecule has 1 unspecified atom stereocenters. The second-order valence-electron chi connectivity index (χ2n) is 6.63. The molecule has 0 aliphatic heterocycles. The van der Waals surface area contributed by atoms with Crippen LogP contribution in [0.4, 0.5) is 0 Å². The Morgan fingerprint density at radius 1 is 0.900 bits per heavy atom. The number of carbonyl (C=O) groups excluding carboxylic acids is 1. The SMILES string of the molecule is C=NC(C(C)=O)c1cccc(OCc2ccccc2Cl)c1OCc1ccccc1Cl. The number of ether oxygens (including phenoxy) is 2. The minimum absolute atomic E-state index is 0.143. The average molecular weight is 442 g/mol. The third kappa shape index (κ3) is 5.21. The highest BCUT2D eigenvalue weighted by atomic mass is 35.5.